The zero-order valence-corrected chi connectivity index (χ0v) is 14.4. The molecule has 1 fully saturated rings. The Morgan fingerprint density at radius 1 is 1.32 bits per heavy atom. The second kappa shape index (κ2) is 8.62. The van der Waals surface area contributed by atoms with Crippen LogP contribution in [0.4, 0.5) is 4.79 Å². The lowest BCUT2D eigenvalue weighted by Gasteiger charge is -2.32. The summed E-state index contributed by atoms with van der Waals surface area (Å²) >= 11 is 0. The number of benzene rings is 1. The number of urea groups is 1. The van der Waals surface area contributed by atoms with Crippen molar-refractivity contribution in [2.24, 2.45) is 0 Å². The first-order valence-corrected chi connectivity index (χ1v) is 8.80. The Hall–Kier alpha value is -2.41. The maximum absolute atomic E-state index is 12.3. The van der Waals surface area contributed by atoms with Crippen molar-refractivity contribution in [1.29, 1.82) is 0 Å². The van der Waals surface area contributed by atoms with E-state index in [4.69, 9.17) is 4.74 Å². The highest BCUT2D eigenvalue weighted by Gasteiger charge is 2.27. The molecule has 1 aliphatic carbocycles. The molecule has 7 nitrogen and oxygen atoms in total. The quantitative estimate of drug-likeness (QED) is 0.752. The molecule has 3 N–H and O–H groups in total. The van der Waals surface area contributed by atoms with E-state index in [1.807, 2.05) is 25.1 Å². The number of nitrogens with one attached hydrogen (secondary N) is 3. The van der Waals surface area contributed by atoms with E-state index in [1.165, 1.54) is 6.33 Å². The molecule has 7 heteroatoms. The normalized spacial score (nSPS) is 21.5. The van der Waals surface area contributed by atoms with Crippen molar-refractivity contribution >= 4 is 6.03 Å². The van der Waals surface area contributed by atoms with Gasteiger partial charge in [0.15, 0.2) is 0 Å². The third-order valence-electron chi connectivity index (χ3n) is 4.52. The van der Waals surface area contributed by atoms with Gasteiger partial charge in [-0.2, -0.15) is 5.10 Å². The fourth-order valence-electron chi connectivity index (χ4n) is 3.14. The highest BCUT2D eigenvalue weighted by Crippen LogP contribution is 2.22. The van der Waals surface area contributed by atoms with E-state index >= 15 is 0 Å². The summed E-state index contributed by atoms with van der Waals surface area (Å²) in [6.07, 6.45) is 5.61. The van der Waals surface area contributed by atoms with Gasteiger partial charge in [0, 0.05) is 0 Å². The van der Waals surface area contributed by atoms with Crippen molar-refractivity contribution in [3.63, 3.8) is 0 Å². The smallest absolute Gasteiger partial charge is 0.315 e. The van der Waals surface area contributed by atoms with E-state index in [2.05, 4.69) is 37.9 Å². The number of ether oxygens (including phenoxy) is 1. The molecule has 1 aliphatic rings. The number of H-pyrrole nitrogens is 1. The molecule has 0 spiro atoms. The van der Waals surface area contributed by atoms with Crippen LogP contribution in [0.15, 0.2) is 36.7 Å². The Morgan fingerprint density at radius 3 is 2.88 bits per heavy atom. The van der Waals surface area contributed by atoms with E-state index < -0.39 is 0 Å². The van der Waals surface area contributed by atoms with Crippen molar-refractivity contribution in [2.45, 2.75) is 57.4 Å². The molecule has 0 unspecified atom stereocenters. The zero-order chi connectivity index (χ0) is 17.5. The summed E-state index contributed by atoms with van der Waals surface area (Å²) in [5.74, 6) is 0.635. The molecule has 25 heavy (non-hydrogen) atoms. The largest absolute Gasteiger partial charge is 0.371 e. The van der Waals surface area contributed by atoms with Gasteiger partial charge in [-0.1, -0.05) is 43.2 Å². The van der Waals surface area contributed by atoms with Gasteiger partial charge in [0.25, 0.3) is 0 Å². The number of carbonyl (C=O) groups is 1. The number of aromatic amines is 1. The fourth-order valence-corrected chi connectivity index (χ4v) is 3.14. The highest BCUT2D eigenvalue weighted by molar-refractivity contribution is 5.74. The second-order valence-corrected chi connectivity index (χ2v) is 6.44. The lowest BCUT2D eigenvalue weighted by molar-refractivity contribution is -0.00272. The summed E-state index contributed by atoms with van der Waals surface area (Å²) in [6.45, 7) is 2.43. The summed E-state index contributed by atoms with van der Waals surface area (Å²) < 4.78 is 6.09. The van der Waals surface area contributed by atoms with Crippen molar-refractivity contribution in [1.82, 2.24) is 25.8 Å². The third kappa shape index (κ3) is 5.03. The lowest BCUT2D eigenvalue weighted by Crippen LogP contribution is -2.50. The number of rotatable bonds is 6. The topological polar surface area (TPSA) is 91.9 Å². The maximum Gasteiger partial charge on any atom is 0.315 e. The molecule has 2 amide bonds. The molecule has 3 rings (SSSR count). The SMILES string of the molecule is C[C@H](NC(=O)N[C@@H]1CCCC[C@H]1OCc1ccccc1)c1ncn[nH]1. The molecule has 0 aliphatic heterocycles. The minimum absolute atomic E-state index is 0.0272. The Morgan fingerprint density at radius 2 is 2.12 bits per heavy atom. The summed E-state index contributed by atoms with van der Waals surface area (Å²) in [5, 5.41) is 12.5. The number of nitrogens with zero attached hydrogens (tertiary/aromatic N) is 2. The van der Waals surface area contributed by atoms with Gasteiger partial charge in [-0.05, 0) is 25.3 Å². The van der Waals surface area contributed by atoms with Crippen molar-refractivity contribution in [3.05, 3.63) is 48.0 Å². The Labute approximate surface area is 147 Å². The average Bonchev–Trinajstić information content (AvgIpc) is 3.17. The van der Waals surface area contributed by atoms with Crippen LogP contribution in [0, 0.1) is 0 Å². The summed E-state index contributed by atoms with van der Waals surface area (Å²) in [6, 6.07) is 9.71. The Kier molecular flexibility index (Phi) is 6.00. The first kappa shape index (κ1) is 17.4. The predicted octanol–water partition coefficient (Wildman–Crippen LogP) is 2.69. The molecule has 0 saturated heterocycles. The molecule has 1 aromatic heterocycles. The molecular weight excluding hydrogens is 318 g/mol. The monoisotopic (exact) mass is 343 g/mol. The molecule has 134 valence electrons. The third-order valence-corrected chi connectivity index (χ3v) is 4.52. The maximum atomic E-state index is 12.3. The van der Waals surface area contributed by atoms with Gasteiger partial charge in [0.1, 0.15) is 12.2 Å². The van der Waals surface area contributed by atoms with E-state index in [0.29, 0.717) is 12.4 Å². The molecule has 2 aromatic rings. The number of aromatic nitrogens is 3. The number of carbonyl (C=O) groups excluding carboxylic acids is 1. The molecule has 1 heterocycles. The van der Waals surface area contributed by atoms with Gasteiger partial charge in [-0.15, -0.1) is 0 Å². The fraction of sp³-hybridized carbons (Fsp3) is 0.500. The van der Waals surface area contributed by atoms with Crippen LogP contribution in [0.2, 0.25) is 0 Å². The number of amides is 2. The predicted molar refractivity (Wildman–Crippen MR) is 93.7 cm³/mol. The minimum Gasteiger partial charge on any atom is -0.371 e. The summed E-state index contributed by atoms with van der Waals surface area (Å²) in [7, 11) is 0. The van der Waals surface area contributed by atoms with E-state index in [9.17, 15) is 4.79 Å². The summed E-state index contributed by atoms with van der Waals surface area (Å²) in [4.78, 5) is 16.4. The Bertz CT molecular complexity index is 647. The van der Waals surface area contributed by atoms with Crippen LogP contribution in [0.5, 0.6) is 0 Å². The van der Waals surface area contributed by atoms with Crippen molar-refractivity contribution in [2.75, 3.05) is 0 Å². The Balaban J connectivity index is 1.51. The standard InChI is InChI=1S/C18H25N5O2/c1-13(17-19-12-20-23-17)21-18(24)22-15-9-5-6-10-16(15)25-11-14-7-3-2-4-8-14/h2-4,7-8,12-13,15-16H,5-6,9-11H2,1H3,(H,19,20,23)(H2,21,22,24)/t13-,15+,16+/m0/s1. The average molecular weight is 343 g/mol. The molecule has 0 radical (unpaired) electrons. The highest BCUT2D eigenvalue weighted by atomic mass is 16.5. The van der Waals surface area contributed by atoms with Crippen LogP contribution in [0.1, 0.15) is 50.0 Å². The van der Waals surface area contributed by atoms with Crippen LogP contribution >= 0.6 is 0 Å². The minimum atomic E-state index is -0.227. The number of hydrogen-bond acceptors (Lipinski definition) is 4. The van der Waals surface area contributed by atoms with Crippen LogP contribution in [0.3, 0.4) is 0 Å². The van der Waals surface area contributed by atoms with Gasteiger partial charge in [-0.3, -0.25) is 5.10 Å². The van der Waals surface area contributed by atoms with Gasteiger partial charge < -0.3 is 15.4 Å². The molecule has 3 atom stereocenters. The van der Waals surface area contributed by atoms with E-state index in [-0.39, 0.29) is 24.2 Å². The molecule has 1 aromatic carbocycles. The van der Waals surface area contributed by atoms with Gasteiger partial charge >= 0.3 is 6.03 Å². The van der Waals surface area contributed by atoms with Crippen LogP contribution < -0.4 is 10.6 Å². The van der Waals surface area contributed by atoms with Crippen LogP contribution in [-0.4, -0.2) is 33.4 Å². The lowest BCUT2D eigenvalue weighted by atomic mass is 9.92. The summed E-state index contributed by atoms with van der Waals surface area (Å²) in [5.41, 5.74) is 1.15. The molecular formula is C18H25N5O2. The van der Waals surface area contributed by atoms with Gasteiger partial charge in [0.2, 0.25) is 0 Å². The van der Waals surface area contributed by atoms with E-state index in [1.54, 1.807) is 0 Å². The number of hydrogen-bond donors (Lipinski definition) is 3. The molecule has 0 bridgehead atoms. The molecule has 1 saturated carbocycles. The van der Waals surface area contributed by atoms with Gasteiger partial charge in [-0.25, -0.2) is 9.78 Å². The second-order valence-electron chi connectivity index (χ2n) is 6.44. The van der Waals surface area contributed by atoms with Crippen molar-refractivity contribution < 1.29 is 9.53 Å². The van der Waals surface area contributed by atoms with Crippen LogP contribution in [0.25, 0.3) is 0 Å². The first-order chi connectivity index (χ1) is 12.2. The van der Waals surface area contributed by atoms with E-state index in [0.717, 1.165) is 31.2 Å². The first-order valence-electron chi connectivity index (χ1n) is 8.80. The zero-order valence-electron chi connectivity index (χ0n) is 14.4. The van der Waals surface area contributed by atoms with Crippen LogP contribution in [-0.2, 0) is 11.3 Å². The van der Waals surface area contributed by atoms with Gasteiger partial charge in [0.05, 0.1) is 24.8 Å². The van der Waals surface area contributed by atoms with Crippen molar-refractivity contribution in [3.8, 4) is 0 Å².